The minimum Gasteiger partial charge on any atom is -0.375 e. The fourth-order valence-electron chi connectivity index (χ4n) is 4.13. The fraction of sp³-hybridized carbons (Fsp3) is 0.320. The van der Waals surface area contributed by atoms with Crippen molar-refractivity contribution in [3.05, 3.63) is 87.3 Å². The van der Waals surface area contributed by atoms with E-state index in [0.717, 1.165) is 30.8 Å². The Labute approximate surface area is 192 Å². The summed E-state index contributed by atoms with van der Waals surface area (Å²) in [5, 5.41) is 19.2. The lowest BCUT2D eigenvalue weighted by Gasteiger charge is -2.35. The molecule has 0 aliphatic carbocycles. The van der Waals surface area contributed by atoms with Crippen molar-refractivity contribution < 1.29 is 5.11 Å². The lowest BCUT2D eigenvalue weighted by Crippen LogP contribution is -2.49. The highest BCUT2D eigenvalue weighted by atomic mass is 16.3. The van der Waals surface area contributed by atoms with Gasteiger partial charge in [-0.2, -0.15) is 0 Å². The van der Waals surface area contributed by atoms with E-state index in [1.54, 1.807) is 12.3 Å². The van der Waals surface area contributed by atoms with Crippen molar-refractivity contribution >= 4 is 22.9 Å². The Hall–Kier alpha value is -3.49. The first-order chi connectivity index (χ1) is 16.0. The molecule has 1 aromatic heterocycles. The summed E-state index contributed by atoms with van der Waals surface area (Å²) < 4.78 is 0. The van der Waals surface area contributed by atoms with Gasteiger partial charge in [-0.25, -0.2) is 4.98 Å². The van der Waals surface area contributed by atoms with Crippen LogP contribution in [-0.2, 0) is 0 Å². The van der Waals surface area contributed by atoms with Crippen molar-refractivity contribution in [1.29, 1.82) is 0 Å². The van der Waals surface area contributed by atoms with E-state index < -0.39 is 17.1 Å². The van der Waals surface area contributed by atoms with Gasteiger partial charge < -0.3 is 20.6 Å². The van der Waals surface area contributed by atoms with Crippen molar-refractivity contribution in [2.24, 2.45) is 0 Å². The zero-order chi connectivity index (χ0) is 23.4. The maximum Gasteiger partial charge on any atom is 0.253 e. The van der Waals surface area contributed by atoms with Crippen LogP contribution in [0.2, 0.25) is 0 Å². The summed E-state index contributed by atoms with van der Waals surface area (Å²) in [6, 6.07) is 13.4. The Morgan fingerprint density at radius 3 is 2.70 bits per heavy atom. The molecule has 3 atom stereocenters. The molecular weight excluding hydrogens is 418 g/mol. The molecule has 0 bridgehead atoms. The van der Waals surface area contributed by atoms with Gasteiger partial charge in [-0.05, 0) is 37.5 Å². The lowest BCUT2D eigenvalue weighted by atomic mass is 10.1. The van der Waals surface area contributed by atoms with Crippen molar-refractivity contribution in [2.45, 2.75) is 38.1 Å². The van der Waals surface area contributed by atoms with E-state index in [-0.39, 0.29) is 17.8 Å². The summed E-state index contributed by atoms with van der Waals surface area (Å²) in [5.41, 5.74) is 1.24. The van der Waals surface area contributed by atoms with E-state index in [1.165, 1.54) is 6.08 Å². The number of piperidine rings is 1. The topological polar surface area (TPSA) is 107 Å². The van der Waals surface area contributed by atoms with Crippen LogP contribution < -0.4 is 31.7 Å². The first kappa shape index (κ1) is 22.7. The molecular formula is C25H29N5O3. The standard InChI is InChI=1S/C25H29N5O3/c1-3-21(31)28-19-10-7-13-30(15-19)20-14-18(11-12-26-20)29-23-22(24(32)25(23)33)27-16(2)17-8-5-4-6-9-17/h3-6,8-9,11-12,14,16,19,21,27-28,31H,1,7,10,13,15H2,2H3,(H,26,29). The van der Waals surface area contributed by atoms with Crippen LogP contribution in [0, 0.1) is 0 Å². The summed E-state index contributed by atoms with van der Waals surface area (Å²) >= 11 is 0. The number of aliphatic hydroxyl groups excluding tert-OH is 1. The molecule has 8 nitrogen and oxygen atoms in total. The van der Waals surface area contributed by atoms with Crippen LogP contribution in [0.5, 0.6) is 0 Å². The Bertz CT molecular complexity index is 1170. The van der Waals surface area contributed by atoms with Crippen LogP contribution in [0.15, 0.2) is 70.9 Å². The van der Waals surface area contributed by atoms with E-state index in [9.17, 15) is 14.7 Å². The second-order valence-corrected chi connectivity index (χ2v) is 8.35. The number of hydrogen-bond donors (Lipinski definition) is 4. The van der Waals surface area contributed by atoms with Gasteiger partial charge in [0.25, 0.3) is 10.9 Å². The maximum atomic E-state index is 12.3. The Balaban J connectivity index is 1.47. The van der Waals surface area contributed by atoms with Crippen LogP contribution in [0.1, 0.15) is 31.4 Å². The maximum absolute atomic E-state index is 12.3. The van der Waals surface area contributed by atoms with Crippen LogP contribution >= 0.6 is 0 Å². The van der Waals surface area contributed by atoms with Crippen molar-refractivity contribution in [2.75, 3.05) is 28.6 Å². The molecule has 8 heteroatoms. The largest absolute Gasteiger partial charge is 0.375 e. The van der Waals surface area contributed by atoms with Gasteiger partial charge in [-0.15, -0.1) is 0 Å². The van der Waals surface area contributed by atoms with E-state index in [1.807, 2.05) is 43.3 Å². The average molecular weight is 448 g/mol. The highest BCUT2D eigenvalue weighted by molar-refractivity contribution is 5.79. The average Bonchev–Trinajstić information content (AvgIpc) is 2.86. The van der Waals surface area contributed by atoms with E-state index in [0.29, 0.717) is 17.9 Å². The van der Waals surface area contributed by atoms with Gasteiger partial charge in [0.15, 0.2) is 0 Å². The normalized spacial score (nSPS) is 18.0. The first-order valence-corrected chi connectivity index (χ1v) is 11.2. The molecule has 2 heterocycles. The summed E-state index contributed by atoms with van der Waals surface area (Å²) in [4.78, 5) is 31.1. The van der Waals surface area contributed by atoms with Gasteiger partial charge >= 0.3 is 0 Å². The van der Waals surface area contributed by atoms with Crippen molar-refractivity contribution in [3.63, 3.8) is 0 Å². The van der Waals surface area contributed by atoms with Crippen LogP contribution in [-0.4, -0.2) is 35.4 Å². The molecule has 1 fully saturated rings. The van der Waals surface area contributed by atoms with Crippen LogP contribution in [0.3, 0.4) is 0 Å². The molecule has 1 aliphatic rings. The fourth-order valence-corrected chi connectivity index (χ4v) is 4.13. The highest BCUT2D eigenvalue weighted by Crippen LogP contribution is 2.27. The number of benzene rings is 1. The summed E-state index contributed by atoms with van der Waals surface area (Å²) in [7, 11) is 0. The predicted octanol–water partition coefficient (Wildman–Crippen LogP) is 2.66. The minimum absolute atomic E-state index is 0.119. The number of nitrogens with one attached hydrogen (secondary N) is 3. The monoisotopic (exact) mass is 447 g/mol. The molecule has 0 amide bonds. The molecule has 172 valence electrons. The molecule has 0 spiro atoms. The third-order valence-corrected chi connectivity index (χ3v) is 5.96. The molecule has 2 aromatic carbocycles. The molecule has 33 heavy (non-hydrogen) atoms. The van der Waals surface area contributed by atoms with Gasteiger partial charge in [-0.1, -0.05) is 36.9 Å². The Morgan fingerprint density at radius 2 is 1.94 bits per heavy atom. The number of aliphatic hydroxyl groups is 1. The van der Waals surface area contributed by atoms with Crippen LogP contribution in [0.4, 0.5) is 22.9 Å². The Morgan fingerprint density at radius 1 is 1.18 bits per heavy atom. The van der Waals surface area contributed by atoms with E-state index in [4.69, 9.17) is 0 Å². The summed E-state index contributed by atoms with van der Waals surface area (Å²) in [6.07, 6.45) is 4.33. The molecule has 4 N–H and O–H groups in total. The first-order valence-electron chi connectivity index (χ1n) is 11.2. The third-order valence-electron chi connectivity index (χ3n) is 5.96. The molecule has 1 aliphatic heterocycles. The molecule has 3 aromatic rings. The number of anilines is 4. The number of hydrogen-bond acceptors (Lipinski definition) is 8. The van der Waals surface area contributed by atoms with Crippen LogP contribution in [0.25, 0.3) is 0 Å². The second-order valence-electron chi connectivity index (χ2n) is 8.35. The van der Waals surface area contributed by atoms with Gasteiger partial charge in [-0.3, -0.25) is 14.9 Å². The summed E-state index contributed by atoms with van der Waals surface area (Å²) in [5.74, 6) is 0.769. The molecule has 4 rings (SSSR count). The molecule has 0 saturated carbocycles. The van der Waals surface area contributed by atoms with Gasteiger partial charge in [0.05, 0.1) is 0 Å². The van der Waals surface area contributed by atoms with Gasteiger partial charge in [0.1, 0.15) is 23.4 Å². The number of nitrogens with zero attached hydrogens (tertiary/aromatic N) is 2. The molecule has 3 unspecified atom stereocenters. The van der Waals surface area contributed by atoms with Crippen molar-refractivity contribution in [1.82, 2.24) is 10.3 Å². The smallest absolute Gasteiger partial charge is 0.253 e. The van der Waals surface area contributed by atoms with E-state index >= 15 is 0 Å². The molecule has 0 radical (unpaired) electrons. The minimum atomic E-state index is -0.741. The molecule has 1 saturated heterocycles. The number of pyridine rings is 1. The zero-order valence-electron chi connectivity index (χ0n) is 18.6. The lowest BCUT2D eigenvalue weighted by molar-refractivity contribution is 0.162. The Kier molecular flexibility index (Phi) is 6.86. The second kappa shape index (κ2) is 9.97. The van der Waals surface area contributed by atoms with Crippen molar-refractivity contribution in [3.8, 4) is 0 Å². The van der Waals surface area contributed by atoms with Gasteiger partial charge in [0.2, 0.25) is 0 Å². The number of aromatic nitrogens is 1. The number of rotatable bonds is 9. The van der Waals surface area contributed by atoms with Gasteiger partial charge in [0, 0.05) is 43.1 Å². The SMILES string of the molecule is C=CC(O)NC1CCCN(c2cc(Nc3c(NC(C)c4ccccc4)c(=O)c3=O)ccn2)C1. The summed E-state index contributed by atoms with van der Waals surface area (Å²) in [6.45, 7) is 7.09. The zero-order valence-corrected chi connectivity index (χ0v) is 18.6. The highest BCUT2D eigenvalue weighted by Gasteiger charge is 2.24. The predicted molar refractivity (Wildman–Crippen MR) is 132 cm³/mol. The van der Waals surface area contributed by atoms with E-state index in [2.05, 4.69) is 32.4 Å². The third kappa shape index (κ3) is 5.13. The quantitative estimate of drug-likeness (QED) is 0.225.